The third-order valence-corrected chi connectivity index (χ3v) is 9.13. The number of pyridine rings is 1. The molecule has 4 aromatic rings. The van der Waals surface area contributed by atoms with Crippen LogP contribution in [0.4, 0.5) is 22.9 Å². The van der Waals surface area contributed by atoms with Gasteiger partial charge in [0.1, 0.15) is 17.3 Å². The Balaban J connectivity index is 1.43. The third kappa shape index (κ3) is 6.42. The van der Waals surface area contributed by atoms with Gasteiger partial charge in [-0.25, -0.2) is 4.98 Å². The summed E-state index contributed by atoms with van der Waals surface area (Å²) in [6, 6.07) is 12.9. The molecular formula is C31H31Cl2N5O4S. The minimum atomic E-state index is -0.366. The summed E-state index contributed by atoms with van der Waals surface area (Å²) in [4.78, 5) is 35.7. The number of hydrogen-bond acceptors (Lipinski definition) is 9. The standard InChI is InChI=1S/C31H31Cl2N5O4S/c1-5-27(39)36-20-15-18(38-13-11-37(6-2)12-14-38)7-8-19(20)34-26-10-9-24-21(35-26)16-25(43-24)31(40)28-29(32)22(41-3)17-23(42-4)30(28)33/h5,7-10,15-17H,1,6,11-14H2,2-4H3,(H,34,35)(H,36,39). The molecule has 12 heteroatoms. The van der Waals surface area contributed by atoms with E-state index in [1.165, 1.54) is 37.7 Å². The van der Waals surface area contributed by atoms with Crippen LogP contribution in [0.1, 0.15) is 22.2 Å². The predicted octanol–water partition coefficient (Wildman–Crippen LogP) is 6.86. The fourth-order valence-corrected chi connectivity index (χ4v) is 6.52. The van der Waals surface area contributed by atoms with Gasteiger partial charge in [-0.05, 0) is 49.0 Å². The lowest BCUT2D eigenvalue weighted by molar-refractivity contribution is -0.111. The number of methoxy groups -OCH3 is 2. The van der Waals surface area contributed by atoms with Crippen LogP contribution in [-0.4, -0.2) is 68.5 Å². The Hall–Kier alpha value is -3.83. The second-order valence-corrected chi connectivity index (χ2v) is 11.6. The topological polar surface area (TPSA) is 96.0 Å². The number of carbonyl (C=O) groups excluding carboxylic acids is 2. The number of carbonyl (C=O) groups is 2. The maximum atomic E-state index is 13.6. The molecule has 1 amide bonds. The van der Waals surface area contributed by atoms with E-state index in [-0.39, 0.29) is 38.8 Å². The summed E-state index contributed by atoms with van der Waals surface area (Å²) in [5.74, 6) is 0.430. The number of ketones is 1. The van der Waals surface area contributed by atoms with Gasteiger partial charge in [0.25, 0.3) is 0 Å². The van der Waals surface area contributed by atoms with E-state index in [1.54, 1.807) is 6.07 Å². The van der Waals surface area contributed by atoms with E-state index in [0.717, 1.165) is 43.1 Å². The Bertz CT molecular complexity index is 1670. The molecule has 5 rings (SSSR count). The molecule has 1 aliphatic heterocycles. The van der Waals surface area contributed by atoms with Crippen molar-refractivity contribution in [3.8, 4) is 11.5 Å². The summed E-state index contributed by atoms with van der Waals surface area (Å²) in [6.45, 7) is 10.6. The van der Waals surface area contributed by atoms with E-state index < -0.39 is 0 Å². The maximum Gasteiger partial charge on any atom is 0.247 e. The first kappa shape index (κ1) is 30.6. The number of rotatable bonds is 10. The molecule has 0 unspecified atom stereocenters. The van der Waals surface area contributed by atoms with Gasteiger partial charge in [0.15, 0.2) is 0 Å². The van der Waals surface area contributed by atoms with Gasteiger partial charge in [-0.1, -0.05) is 36.7 Å². The number of piperazine rings is 1. The van der Waals surface area contributed by atoms with Gasteiger partial charge >= 0.3 is 0 Å². The average Bonchev–Trinajstić information content (AvgIpc) is 3.45. The number of aromatic nitrogens is 1. The number of fused-ring (bicyclic) bond motifs is 1. The highest BCUT2D eigenvalue weighted by atomic mass is 35.5. The summed E-state index contributed by atoms with van der Waals surface area (Å²) in [5.41, 5.74) is 3.02. The molecule has 0 bridgehead atoms. The zero-order valence-electron chi connectivity index (χ0n) is 24.0. The molecular weight excluding hydrogens is 609 g/mol. The van der Waals surface area contributed by atoms with E-state index in [4.69, 9.17) is 37.7 Å². The van der Waals surface area contributed by atoms with Crippen molar-refractivity contribution in [2.24, 2.45) is 0 Å². The van der Waals surface area contributed by atoms with E-state index >= 15 is 0 Å². The molecule has 0 spiro atoms. The van der Waals surface area contributed by atoms with Gasteiger partial charge in [-0.3, -0.25) is 9.59 Å². The quantitative estimate of drug-likeness (QED) is 0.143. The third-order valence-electron chi connectivity index (χ3n) is 7.29. The largest absolute Gasteiger partial charge is 0.495 e. The van der Waals surface area contributed by atoms with Crippen LogP contribution in [0.3, 0.4) is 0 Å². The van der Waals surface area contributed by atoms with Gasteiger partial charge in [-0.2, -0.15) is 0 Å². The molecule has 0 aliphatic carbocycles. The molecule has 0 atom stereocenters. The predicted molar refractivity (Wildman–Crippen MR) is 175 cm³/mol. The number of anilines is 4. The van der Waals surface area contributed by atoms with Gasteiger partial charge in [0, 0.05) is 37.9 Å². The molecule has 2 aromatic heterocycles. The Labute approximate surface area is 264 Å². The molecule has 224 valence electrons. The number of halogens is 2. The first-order chi connectivity index (χ1) is 20.8. The number of nitrogens with zero attached hydrogens (tertiary/aromatic N) is 3. The van der Waals surface area contributed by atoms with E-state index in [2.05, 4.69) is 33.9 Å². The Morgan fingerprint density at radius 2 is 1.70 bits per heavy atom. The zero-order valence-corrected chi connectivity index (χ0v) is 26.3. The molecule has 0 saturated carbocycles. The molecule has 0 radical (unpaired) electrons. The second kappa shape index (κ2) is 13.2. The lowest BCUT2D eigenvalue weighted by Crippen LogP contribution is -2.46. The SMILES string of the molecule is C=CC(=O)Nc1cc(N2CCN(CC)CC2)ccc1Nc1ccc2sc(C(=O)c3c(Cl)c(OC)cc(OC)c3Cl)cc2n1. The molecule has 1 fully saturated rings. The van der Waals surface area contributed by atoms with Gasteiger partial charge in [0.2, 0.25) is 11.7 Å². The maximum absolute atomic E-state index is 13.6. The van der Waals surface area contributed by atoms with Crippen molar-refractivity contribution in [2.45, 2.75) is 6.92 Å². The second-order valence-electron chi connectivity index (χ2n) is 9.77. The smallest absolute Gasteiger partial charge is 0.247 e. The van der Waals surface area contributed by atoms with E-state index in [0.29, 0.717) is 27.6 Å². The highest BCUT2D eigenvalue weighted by Crippen LogP contribution is 2.42. The fourth-order valence-electron chi connectivity index (χ4n) is 4.90. The van der Waals surface area contributed by atoms with Crippen molar-refractivity contribution < 1.29 is 19.1 Å². The number of amides is 1. The molecule has 1 saturated heterocycles. The molecule has 3 heterocycles. The highest BCUT2D eigenvalue weighted by molar-refractivity contribution is 7.21. The molecule has 1 aliphatic rings. The van der Waals surface area contributed by atoms with Crippen molar-refractivity contribution in [1.29, 1.82) is 0 Å². The summed E-state index contributed by atoms with van der Waals surface area (Å²) < 4.78 is 11.4. The van der Waals surface area contributed by atoms with Gasteiger partial charge < -0.3 is 29.9 Å². The first-order valence-corrected chi connectivity index (χ1v) is 15.2. The molecule has 2 aromatic carbocycles. The highest BCUT2D eigenvalue weighted by Gasteiger charge is 2.25. The van der Waals surface area contributed by atoms with Crippen molar-refractivity contribution in [2.75, 3.05) is 62.5 Å². The fraction of sp³-hybridized carbons (Fsp3) is 0.258. The van der Waals surface area contributed by atoms with Crippen molar-refractivity contribution in [3.05, 3.63) is 75.6 Å². The number of thiophene rings is 1. The van der Waals surface area contributed by atoms with Crippen molar-refractivity contribution in [1.82, 2.24) is 9.88 Å². The summed E-state index contributed by atoms with van der Waals surface area (Å²) in [7, 11) is 2.91. The van der Waals surface area contributed by atoms with Crippen LogP contribution in [-0.2, 0) is 4.79 Å². The lowest BCUT2D eigenvalue weighted by Gasteiger charge is -2.35. The van der Waals surface area contributed by atoms with Crippen LogP contribution in [0.15, 0.2) is 55.1 Å². The molecule has 9 nitrogen and oxygen atoms in total. The van der Waals surface area contributed by atoms with Crippen LogP contribution in [0.5, 0.6) is 11.5 Å². The monoisotopic (exact) mass is 639 g/mol. The number of nitrogens with one attached hydrogen (secondary N) is 2. The zero-order chi connectivity index (χ0) is 30.7. The average molecular weight is 641 g/mol. The van der Waals surface area contributed by atoms with Crippen LogP contribution in [0.2, 0.25) is 10.0 Å². The summed E-state index contributed by atoms with van der Waals surface area (Å²) in [6.07, 6.45) is 1.24. The Morgan fingerprint density at radius 1 is 1.00 bits per heavy atom. The van der Waals surface area contributed by atoms with E-state index in [9.17, 15) is 9.59 Å². The Morgan fingerprint density at radius 3 is 2.33 bits per heavy atom. The number of likely N-dealkylation sites (N-methyl/N-ethyl adjacent to an activating group) is 1. The minimum absolute atomic E-state index is 0.100. The minimum Gasteiger partial charge on any atom is -0.495 e. The van der Waals surface area contributed by atoms with Crippen LogP contribution < -0.4 is 25.0 Å². The van der Waals surface area contributed by atoms with E-state index in [1.807, 2.05) is 30.3 Å². The van der Waals surface area contributed by atoms with Crippen LogP contribution in [0.25, 0.3) is 10.2 Å². The first-order valence-electron chi connectivity index (χ1n) is 13.6. The van der Waals surface area contributed by atoms with Crippen molar-refractivity contribution >= 4 is 79.3 Å². The normalized spacial score (nSPS) is 13.6. The van der Waals surface area contributed by atoms with Crippen molar-refractivity contribution in [3.63, 3.8) is 0 Å². The summed E-state index contributed by atoms with van der Waals surface area (Å²) >= 11 is 14.3. The molecule has 2 N–H and O–H groups in total. The lowest BCUT2D eigenvalue weighted by atomic mass is 10.1. The van der Waals surface area contributed by atoms with Crippen LogP contribution >= 0.6 is 34.5 Å². The number of hydrogen-bond donors (Lipinski definition) is 2. The van der Waals surface area contributed by atoms with Gasteiger partial charge in [0.05, 0.1) is 56.3 Å². The Kier molecular flexibility index (Phi) is 9.41. The number of ether oxygens (including phenoxy) is 2. The summed E-state index contributed by atoms with van der Waals surface area (Å²) in [5, 5.41) is 6.44. The number of benzene rings is 2. The van der Waals surface area contributed by atoms with Crippen LogP contribution in [0, 0.1) is 0 Å². The molecule has 43 heavy (non-hydrogen) atoms. The van der Waals surface area contributed by atoms with Gasteiger partial charge in [-0.15, -0.1) is 11.3 Å².